The molecule has 0 aromatic carbocycles. The summed E-state index contributed by atoms with van der Waals surface area (Å²) in [6, 6.07) is 6.05. The molecule has 0 aliphatic carbocycles. The first kappa shape index (κ1) is 9.90. The Balaban J connectivity index is 2.33. The van der Waals surface area contributed by atoms with E-state index in [4.69, 9.17) is 0 Å². The summed E-state index contributed by atoms with van der Waals surface area (Å²) < 4.78 is 2.04. The summed E-state index contributed by atoms with van der Waals surface area (Å²) in [5.74, 6) is 0.602. The molecular formula is C12H15N3. The smallest absolute Gasteiger partial charge is 0.0683 e. The molecule has 0 aliphatic rings. The molecule has 3 heteroatoms. The van der Waals surface area contributed by atoms with Crippen LogP contribution in [0.5, 0.6) is 0 Å². The van der Waals surface area contributed by atoms with E-state index in [0.717, 1.165) is 12.2 Å². The zero-order valence-electron chi connectivity index (χ0n) is 9.09. The van der Waals surface area contributed by atoms with Crippen LogP contribution in [0.25, 0.3) is 11.3 Å². The van der Waals surface area contributed by atoms with Gasteiger partial charge in [-0.25, -0.2) is 0 Å². The number of aromatic nitrogens is 3. The summed E-state index contributed by atoms with van der Waals surface area (Å²) in [7, 11) is 0. The van der Waals surface area contributed by atoms with E-state index in [1.807, 2.05) is 41.5 Å². The van der Waals surface area contributed by atoms with Crippen molar-refractivity contribution < 1.29 is 0 Å². The van der Waals surface area contributed by atoms with Gasteiger partial charge >= 0.3 is 0 Å². The van der Waals surface area contributed by atoms with Crippen molar-refractivity contribution in [3.63, 3.8) is 0 Å². The van der Waals surface area contributed by atoms with E-state index >= 15 is 0 Å². The van der Waals surface area contributed by atoms with Gasteiger partial charge in [0.25, 0.3) is 0 Å². The fourth-order valence-electron chi connectivity index (χ4n) is 1.59. The SMILES string of the molecule is CC(C)Cn1nccc1-c1ccncc1. The highest BCUT2D eigenvalue weighted by Gasteiger charge is 2.05. The van der Waals surface area contributed by atoms with Crippen LogP contribution in [-0.4, -0.2) is 14.8 Å². The van der Waals surface area contributed by atoms with E-state index in [1.54, 1.807) is 0 Å². The van der Waals surface area contributed by atoms with Gasteiger partial charge in [-0.1, -0.05) is 13.8 Å². The van der Waals surface area contributed by atoms with Crippen molar-refractivity contribution in [1.29, 1.82) is 0 Å². The molecule has 2 aromatic heterocycles. The van der Waals surface area contributed by atoms with Gasteiger partial charge in [-0.2, -0.15) is 5.10 Å². The molecule has 0 saturated heterocycles. The molecule has 3 nitrogen and oxygen atoms in total. The summed E-state index contributed by atoms with van der Waals surface area (Å²) in [5, 5.41) is 4.33. The van der Waals surface area contributed by atoms with E-state index in [-0.39, 0.29) is 0 Å². The maximum Gasteiger partial charge on any atom is 0.0683 e. The summed E-state index contributed by atoms with van der Waals surface area (Å²) in [5.41, 5.74) is 2.33. The van der Waals surface area contributed by atoms with Crippen molar-refractivity contribution in [1.82, 2.24) is 14.8 Å². The quantitative estimate of drug-likeness (QED) is 0.764. The molecule has 2 rings (SSSR count). The van der Waals surface area contributed by atoms with Gasteiger partial charge in [0.1, 0.15) is 0 Å². The Bertz CT molecular complexity index is 417. The van der Waals surface area contributed by atoms with Crippen LogP contribution in [0.1, 0.15) is 13.8 Å². The van der Waals surface area contributed by atoms with Gasteiger partial charge in [-0.15, -0.1) is 0 Å². The van der Waals surface area contributed by atoms with Crippen LogP contribution < -0.4 is 0 Å². The third-order valence-corrected chi connectivity index (χ3v) is 2.23. The van der Waals surface area contributed by atoms with Gasteiger partial charge < -0.3 is 0 Å². The molecule has 0 atom stereocenters. The molecule has 0 bridgehead atoms. The Morgan fingerprint density at radius 3 is 2.53 bits per heavy atom. The Kier molecular flexibility index (Phi) is 2.81. The average Bonchev–Trinajstić information content (AvgIpc) is 2.66. The first-order valence-electron chi connectivity index (χ1n) is 5.19. The van der Waals surface area contributed by atoms with Gasteiger partial charge in [-0.3, -0.25) is 9.67 Å². The molecule has 0 amide bonds. The van der Waals surface area contributed by atoms with E-state index in [2.05, 4.69) is 23.9 Å². The monoisotopic (exact) mass is 201 g/mol. The minimum Gasteiger partial charge on any atom is -0.265 e. The van der Waals surface area contributed by atoms with E-state index < -0.39 is 0 Å². The largest absolute Gasteiger partial charge is 0.265 e. The summed E-state index contributed by atoms with van der Waals surface area (Å²) in [4.78, 5) is 4.02. The Hall–Kier alpha value is -1.64. The zero-order valence-corrected chi connectivity index (χ0v) is 9.09. The molecule has 0 N–H and O–H groups in total. The molecule has 0 saturated carbocycles. The topological polar surface area (TPSA) is 30.7 Å². The lowest BCUT2D eigenvalue weighted by atomic mass is 10.2. The van der Waals surface area contributed by atoms with E-state index in [1.165, 1.54) is 5.56 Å². The van der Waals surface area contributed by atoms with E-state index in [9.17, 15) is 0 Å². The van der Waals surface area contributed by atoms with Crippen molar-refractivity contribution in [2.45, 2.75) is 20.4 Å². The van der Waals surface area contributed by atoms with Crippen LogP contribution in [0.3, 0.4) is 0 Å². The summed E-state index contributed by atoms with van der Waals surface area (Å²) in [6.07, 6.45) is 5.46. The maximum atomic E-state index is 4.33. The first-order chi connectivity index (χ1) is 7.27. The second-order valence-electron chi connectivity index (χ2n) is 4.03. The summed E-state index contributed by atoms with van der Waals surface area (Å²) in [6.45, 7) is 5.33. The first-order valence-corrected chi connectivity index (χ1v) is 5.19. The van der Waals surface area contributed by atoms with Gasteiger partial charge in [-0.05, 0) is 24.1 Å². The second-order valence-corrected chi connectivity index (χ2v) is 4.03. The van der Waals surface area contributed by atoms with Crippen molar-refractivity contribution in [2.24, 2.45) is 5.92 Å². The molecule has 0 aliphatic heterocycles. The molecular weight excluding hydrogens is 186 g/mol. The lowest BCUT2D eigenvalue weighted by Gasteiger charge is -2.09. The molecule has 0 unspecified atom stereocenters. The Labute approximate surface area is 89.8 Å². The highest BCUT2D eigenvalue weighted by Crippen LogP contribution is 2.18. The lowest BCUT2D eigenvalue weighted by Crippen LogP contribution is -2.07. The number of hydrogen-bond donors (Lipinski definition) is 0. The third-order valence-electron chi connectivity index (χ3n) is 2.23. The summed E-state index contributed by atoms with van der Waals surface area (Å²) >= 11 is 0. The average molecular weight is 201 g/mol. The molecule has 2 heterocycles. The minimum absolute atomic E-state index is 0.602. The zero-order chi connectivity index (χ0) is 10.7. The molecule has 0 fully saturated rings. The van der Waals surface area contributed by atoms with Gasteiger partial charge in [0, 0.05) is 30.7 Å². The van der Waals surface area contributed by atoms with Crippen LogP contribution in [0.4, 0.5) is 0 Å². The van der Waals surface area contributed by atoms with Gasteiger partial charge in [0.05, 0.1) is 5.69 Å². The maximum absolute atomic E-state index is 4.33. The molecule has 2 aromatic rings. The van der Waals surface area contributed by atoms with Crippen LogP contribution in [0.15, 0.2) is 36.8 Å². The fraction of sp³-hybridized carbons (Fsp3) is 0.333. The standard InChI is InChI=1S/C12H15N3/c1-10(2)9-15-12(5-8-14-15)11-3-6-13-7-4-11/h3-8,10H,9H2,1-2H3. The van der Waals surface area contributed by atoms with Crippen LogP contribution in [0, 0.1) is 5.92 Å². The fourth-order valence-corrected chi connectivity index (χ4v) is 1.59. The Morgan fingerprint density at radius 2 is 1.87 bits per heavy atom. The molecule has 78 valence electrons. The highest BCUT2D eigenvalue weighted by molar-refractivity contribution is 5.58. The normalized spacial score (nSPS) is 10.9. The van der Waals surface area contributed by atoms with Crippen molar-refractivity contribution in [3.8, 4) is 11.3 Å². The van der Waals surface area contributed by atoms with E-state index in [0.29, 0.717) is 5.92 Å². The number of rotatable bonds is 3. The van der Waals surface area contributed by atoms with Gasteiger partial charge in [0.15, 0.2) is 0 Å². The van der Waals surface area contributed by atoms with Crippen LogP contribution in [-0.2, 0) is 6.54 Å². The third kappa shape index (κ3) is 2.24. The second kappa shape index (κ2) is 4.26. The number of nitrogens with zero attached hydrogens (tertiary/aromatic N) is 3. The molecule has 0 spiro atoms. The molecule has 15 heavy (non-hydrogen) atoms. The Morgan fingerprint density at radius 1 is 1.13 bits per heavy atom. The van der Waals surface area contributed by atoms with Gasteiger partial charge in [0.2, 0.25) is 0 Å². The highest BCUT2D eigenvalue weighted by atomic mass is 15.3. The minimum atomic E-state index is 0.602. The van der Waals surface area contributed by atoms with Crippen LogP contribution >= 0.6 is 0 Å². The predicted molar refractivity (Wildman–Crippen MR) is 60.3 cm³/mol. The number of pyridine rings is 1. The van der Waals surface area contributed by atoms with Crippen molar-refractivity contribution in [2.75, 3.05) is 0 Å². The number of hydrogen-bond acceptors (Lipinski definition) is 2. The predicted octanol–water partition coefficient (Wildman–Crippen LogP) is 2.60. The lowest BCUT2D eigenvalue weighted by molar-refractivity contribution is 0.487. The van der Waals surface area contributed by atoms with Crippen molar-refractivity contribution >= 4 is 0 Å². The van der Waals surface area contributed by atoms with Crippen molar-refractivity contribution in [3.05, 3.63) is 36.8 Å². The van der Waals surface area contributed by atoms with Crippen LogP contribution in [0.2, 0.25) is 0 Å². The molecule has 0 radical (unpaired) electrons.